The molecule has 0 bridgehead atoms. The topological polar surface area (TPSA) is 53.6 Å². The van der Waals surface area contributed by atoms with Gasteiger partial charge in [0.2, 0.25) is 5.91 Å². The largest absolute Gasteiger partial charge is 0.496 e. The minimum atomic E-state index is -0.132. The maximum Gasteiger partial charge on any atom is 0.223 e. The number of rotatable bonds is 8. The number of ether oxygens (including phenoxy) is 1. The molecule has 1 aliphatic carbocycles. The number of hydrogen-bond donors (Lipinski definition) is 2. The second kappa shape index (κ2) is 12.3. The lowest BCUT2D eigenvalue weighted by Crippen LogP contribution is -2.52. The third-order valence-corrected chi connectivity index (χ3v) is 7.10. The summed E-state index contributed by atoms with van der Waals surface area (Å²) in [4.78, 5) is 13.3. The number of carbonyl (C=O) groups is 1. The van der Waals surface area contributed by atoms with E-state index in [-0.39, 0.29) is 24.0 Å². The van der Waals surface area contributed by atoms with E-state index in [0.717, 1.165) is 46.7 Å². The normalized spacial score (nSPS) is 14.4. The van der Waals surface area contributed by atoms with Crippen molar-refractivity contribution in [3.8, 4) is 16.9 Å². The zero-order valence-corrected chi connectivity index (χ0v) is 22.6. The molecule has 1 amide bonds. The molecule has 2 N–H and O–H groups in total. The van der Waals surface area contributed by atoms with Crippen molar-refractivity contribution in [1.29, 1.82) is 0 Å². The first-order valence-electron chi connectivity index (χ1n) is 12.5. The number of amides is 1. The third kappa shape index (κ3) is 6.59. The van der Waals surface area contributed by atoms with Crippen LogP contribution < -0.4 is 20.3 Å². The minimum Gasteiger partial charge on any atom is -0.496 e. The number of nitrogens with zero attached hydrogens (tertiary/aromatic N) is 1. The molecule has 0 spiro atoms. The molecule has 6 heteroatoms. The lowest BCUT2D eigenvalue weighted by molar-refractivity contribution is -0.116. The summed E-state index contributed by atoms with van der Waals surface area (Å²) >= 11 is 0. The van der Waals surface area contributed by atoms with E-state index in [1.807, 2.05) is 18.2 Å². The molecule has 0 radical (unpaired) electrons. The quantitative estimate of drug-likeness (QED) is 0.324. The van der Waals surface area contributed by atoms with Crippen molar-refractivity contribution in [2.45, 2.75) is 58.2 Å². The molecule has 1 aliphatic rings. The first-order valence-corrected chi connectivity index (χ1v) is 12.5. The van der Waals surface area contributed by atoms with E-state index in [1.54, 1.807) is 26.0 Å². The van der Waals surface area contributed by atoms with E-state index in [9.17, 15) is 4.79 Å². The third-order valence-electron chi connectivity index (χ3n) is 7.10. The average Bonchev–Trinajstić information content (AvgIpc) is 2.89. The van der Waals surface area contributed by atoms with Crippen LogP contribution in [-0.4, -0.2) is 25.7 Å². The molecule has 0 saturated heterocycles. The van der Waals surface area contributed by atoms with Crippen LogP contribution in [0.15, 0.2) is 66.7 Å². The van der Waals surface area contributed by atoms with E-state index < -0.39 is 0 Å². The Kier molecular flexibility index (Phi) is 9.41. The molecule has 192 valence electrons. The fourth-order valence-electron chi connectivity index (χ4n) is 4.83. The summed E-state index contributed by atoms with van der Waals surface area (Å²) in [6.07, 6.45) is 5.89. The Labute approximate surface area is 221 Å². The van der Waals surface area contributed by atoms with Crippen LogP contribution in [0.25, 0.3) is 11.1 Å². The molecule has 0 atom stereocenters. The Balaban J connectivity index is 0.00000361. The molecular weight excluding hydrogens is 470 g/mol. The number of hydrogen-bond acceptors (Lipinski definition) is 4. The van der Waals surface area contributed by atoms with Gasteiger partial charge in [0.1, 0.15) is 5.75 Å². The summed E-state index contributed by atoms with van der Waals surface area (Å²) in [6, 6.07) is 23.1. The fourth-order valence-corrected chi connectivity index (χ4v) is 4.83. The molecule has 0 heterocycles. The number of halogens is 1. The van der Waals surface area contributed by atoms with E-state index >= 15 is 0 Å². The van der Waals surface area contributed by atoms with Crippen molar-refractivity contribution >= 4 is 29.7 Å². The van der Waals surface area contributed by atoms with Gasteiger partial charge >= 0.3 is 0 Å². The maximum absolute atomic E-state index is 11.7. The molecule has 3 aromatic rings. The predicted molar refractivity (Wildman–Crippen MR) is 152 cm³/mol. The highest BCUT2D eigenvalue weighted by molar-refractivity contribution is 5.91. The zero-order chi connectivity index (χ0) is 24.8. The smallest absolute Gasteiger partial charge is 0.223 e. The molecular formula is C30H38ClN3O2. The van der Waals surface area contributed by atoms with Crippen LogP contribution in [-0.2, 0) is 11.3 Å². The van der Waals surface area contributed by atoms with Crippen LogP contribution in [0.4, 0.5) is 11.4 Å². The highest BCUT2D eigenvalue weighted by atomic mass is 35.5. The van der Waals surface area contributed by atoms with Crippen molar-refractivity contribution in [3.05, 3.63) is 77.9 Å². The highest BCUT2D eigenvalue weighted by Gasteiger charge is 2.31. The summed E-state index contributed by atoms with van der Waals surface area (Å²) in [5, 5.41) is 7.69. The molecule has 0 aromatic heterocycles. The van der Waals surface area contributed by atoms with Crippen LogP contribution >= 0.6 is 12.4 Å². The molecule has 1 saturated carbocycles. The van der Waals surface area contributed by atoms with Gasteiger partial charge in [-0.2, -0.15) is 0 Å². The number of benzene rings is 3. The fraction of sp³-hybridized carbons (Fsp3) is 0.367. The number of aryl methyl sites for hydroxylation is 1. The minimum absolute atomic E-state index is 0. The van der Waals surface area contributed by atoms with Gasteiger partial charge in [-0.05, 0) is 80.1 Å². The number of carbonyl (C=O) groups excluding carboxylic acids is 1. The van der Waals surface area contributed by atoms with Gasteiger partial charge in [-0.1, -0.05) is 42.3 Å². The zero-order valence-electron chi connectivity index (χ0n) is 21.8. The summed E-state index contributed by atoms with van der Waals surface area (Å²) in [6.45, 7) is 4.40. The first kappa shape index (κ1) is 27.6. The monoisotopic (exact) mass is 507 g/mol. The Bertz CT molecular complexity index is 1140. The van der Waals surface area contributed by atoms with E-state index in [4.69, 9.17) is 4.74 Å². The van der Waals surface area contributed by atoms with Crippen LogP contribution in [0.1, 0.15) is 50.2 Å². The average molecular weight is 508 g/mol. The number of methoxy groups -OCH3 is 1. The molecule has 1 fully saturated rings. The van der Waals surface area contributed by atoms with E-state index in [1.165, 1.54) is 24.8 Å². The standard InChI is InChI=1S/C30H37N3O2.ClH/c1-22-8-13-27(14-9-22)32-30(18-6-5-7-19-30)31-21-26-20-25(12-17-29(26)35-4)24-10-15-28(16-11-24)33(3)23(2)34;/h8-17,20,31-32H,5-7,18-19,21H2,1-4H3;1H. The summed E-state index contributed by atoms with van der Waals surface area (Å²) in [5.41, 5.74) is 6.55. The van der Waals surface area contributed by atoms with Gasteiger partial charge in [-0.15, -0.1) is 12.4 Å². The molecule has 3 aromatic carbocycles. The molecule has 0 aliphatic heterocycles. The molecule has 4 rings (SSSR count). The predicted octanol–water partition coefficient (Wildman–Crippen LogP) is 6.94. The Hall–Kier alpha value is -3.02. The van der Waals surface area contributed by atoms with E-state index in [0.29, 0.717) is 6.54 Å². The van der Waals surface area contributed by atoms with Gasteiger partial charge in [0.15, 0.2) is 0 Å². The Morgan fingerprint density at radius 3 is 2.19 bits per heavy atom. The van der Waals surface area contributed by atoms with Crippen LogP contribution in [0.5, 0.6) is 5.75 Å². The molecule has 5 nitrogen and oxygen atoms in total. The lowest BCUT2D eigenvalue weighted by atomic mass is 9.88. The summed E-state index contributed by atoms with van der Waals surface area (Å²) < 4.78 is 5.71. The lowest BCUT2D eigenvalue weighted by Gasteiger charge is -2.40. The molecule has 36 heavy (non-hydrogen) atoms. The second-order valence-electron chi connectivity index (χ2n) is 9.64. The van der Waals surface area contributed by atoms with Gasteiger partial charge in [-0.25, -0.2) is 0 Å². The van der Waals surface area contributed by atoms with Gasteiger partial charge < -0.3 is 15.0 Å². The van der Waals surface area contributed by atoms with Crippen molar-refractivity contribution < 1.29 is 9.53 Å². The van der Waals surface area contributed by atoms with Crippen molar-refractivity contribution in [1.82, 2.24) is 5.32 Å². The number of nitrogens with one attached hydrogen (secondary N) is 2. The van der Waals surface area contributed by atoms with Gasteiger partial charge in [0.05, 0.1) is 12.8 Å². The van der Waals surface area contributed by atoms with Crippen LogP contribution in [0.2, 0.25) is 0 Å². The van der Waals surface area contributed by atoms with Gasteiger partial charge in [0.25, 0.3) is 0 Å². The number of anilines is 2. The van der Waals surface area contributed by atoms with Crippen LogP contribution in [0.3, 0.4) is 0 Å². The summed E-state index contributed by atoms with van der Waals surface area (Å²) in [5.74, 6) is 0.905. The van der Waals surface area contributed by atoms with E-state index in [2.05, 4.69) is 66.1 Å². The SMILES string of the molecule is COc1ccc(-c2ccc(N(C)C(C)=O)cc2)cc1CNC1(Nc2ccc(C)cc2)CCCCC1.Cl. The van der Waals surface area contributed by atoms with Crippen molar-refractivity contribution in [3.63, 3.8) is 0 Å². The Morgan fingerprint density at radius 2 is 1.58 bits per heavy atom. The van der Waals surface area contributed by atoms with Crippen LogP contribution in [0, 0.1) is 6.92 Å². The van der Waals surface area contributed by atoms with Gasteiger partial charge in [-0.3, -0.25) is 10.1 Å². The Morgan fingerprint density at radius 1 is 0.944 bits per heavy atom. The maximum atomic E-state index is 11.7. The van der Waals surface area contributed by atoms with Crippen molar-refractivity contribution in [2.24, 2.45) is 0 Å². The highest BCUT2D eigenvalue weighted by Crippen LogP contribution is 2.32. The van der Waals surface area contributed by atoms with Gasteiger partial charge in [0, 0.05) is 37.5 Å². The van der Waals surface area contributed by atoms with Crippen molar-refractivity contribution in [2.75, 3.05) is 24.4 Å². The first-order chi connectivity index (χ1) is 16.9. The summed E-state index contributed by atoms with van der Waals surface area (Å²) in [7, 11) is 3.52. The second-order valence-corrected chi connectivity index (χ2v) is 9.64. The molecule has 0 unspecified atom stereocenters.